The minimum Gasteiger partial charge on any atom is -0.494 e. The zero-order valence-corrected chi connectivity index (χ0v) is 22.7. The standard InChI is InChI=1S/C32H37ClO5/c1-3-16-36-31-20-30(33)25(17-23-10-12-26(13-11-23)35-4-2)18-29(31)32-19-27(14-15-28(21-34)38-32)37-22-24-8-6-5-7-9-24/h3,5-13,18,20,27-28,32,34H,1,4,14-17,19,21-22H2,2H3. The SMILES string of the molecule is C=CCOc1cc(Cl)c(Cc2ccc(OCC)cc2)cc1C1CC(OCc2ccccc2)CCC(CO)O1. The van der Waals surface area contributed by atoms with Crippen molar-refractivity contribution < 1.29 is 24.1 Å². The van der Waals surface area contributed by atoms with Crippen LogP contribution in [0.2, 0.25) is 5.02 Å². The fourth-order valence-corrected chi connectivity index (χ4v) is 4.95. The lowest BCUT2D eigenvalue weighted by Gasteiger charge is -2.25. The molecule has 1 saturated heterocycles. The number of rotatable bonds is 12. The molecule has 3 aromatic carbocycles. The maximum atomic E-state index is 10.00. The largest absolute Gasteiger partial charge is 0.494 e. The highest BCUT2D eigenvalue weighted by molar-refractivity contribution is 6.31. The Kier molecular flexibility index (Phi) is 10.6. The van der Waals surface area contributed by atoms with E-state index in [1.807, 2.05) is 43.3 Å². The summed E-state index contributed by atoms with van der Waals surface area (Å²) in [6.07, 6.45) is 3.94. The fraction of sp³-hybridized carbons (Fsp3) is 0.375. The average Bonchev–Trinajstić information content (AvgIpc) is 3.16. The van der Waals surface area contributed by atoms with E-state index < -0.39 is 0 Å². The number of ether oxygens (including phenoxy) is 4. The topological polar surface area (TPSA) is 57.2 Å². The Morgan fingerprint density at radius 1 is 1.03 bits per heavy atom. The first-order valence-corrected chi connectivity index (χ1v) is 13.7. The van der Waals surface area contributed by atoms with Gasteiger partial charge in [-0.1, -0.05) is 66.7 Å². The molecule has 0 spiro atoms. The van der Waals surface area contributed by atoms with Gasteiger partial charge >= 0.3 is 0 Å². The van der Waals surface area contributed by atoms with Crippen LogP contribution in [0.5, 0.6) is 11.5 Å². The molecular weight excluding hydrogens is 500 g/mol. The molecule has 0 amide bonds. The molecule has 202 valence electrons. The number of aliphatic hydroxyl groups is 1. The summed E-state index contributed by atoms with van der Waals surface area (Å²) in [6.45, 7) is 7.23. The van der Waals surface area contributed by atoms with E-state index in [9.17, 15) is 5.11 Å². The molecule has 0 bridgehead atoms. The summed E-state index contributed by atoms with van der Waals surface area (Å²) in [5.41, 5.74) is 4.14. The van der Waals surface area contributed by atoms with Gasteiger partial charge in [0, 0.05) is 17.0 Å². The molecule has 0 aromatic heterocycles. The second-order valence-electron chi connectivity index (χ2n) is 9.50. The lowest BCUT2D eigenvalue weighted by Crippen LogP contribution is -2.19. The quantitative estimate of drug-likeness (QED) is 0.251. The third-order valence-electron chi connectivity index (χ3n) is 6.69. The van der Waals surface area contributed by atoms with Gasteiger partial charge in [0.05, 0.1) is 38.1 Å². The fourth-order valence-electron chi connectivity index (χ4n) is 4.73. The smallest absolute Gasteiger partial charge is 0.127 e. The van der Waals surface area contributed by atoms with Crippen LogP contribution in [0.3, 0.4) is 0 Å². The molecule has 6 heteroatoms. The first kappa shape index (κ1) is 28.2. The van der Waals surface area contributed by atoms with E-state index in [0.29, 0.717) is 43.4 Å². The van der Waals surface area contributed by atoms with E-state index in [4.69, 9.17) is 30.5 Å². The second-order valence-corrected chi connectivity index (χ2v) is 9.90. The molecule has 3 unspecified atom stereocenters. The van der Waals surface area contributed by atoms with Gasteiger partial charge in [-0.15, -0.1) is 0 Å². The van der Waals surface area contributed by atoms with E-state index in [-0.39, 0.29) is 24.9 Å². The van der Waals surface area contributed by atoms with Gasteiger partial charge in [-0.05, 0) is 67.1 Å². The summed E-state index contributed by atoms with van der Waals surface area (Å²) in [6, 6.07) is 22.2. The Balaban J connectivity index is 1.60. The predicted octanol–water partition coefficient (Wildman–Crippen LogP) is 7.08. The van der Waals surface area contributed by atoms with E-state index in [0.717, 1.165) is 40.8 Å². The van der Waals surface area contributed by atoms with Crippen LogP contribution in [0, 0.1) is 0 Å². The summed E-state index contributed by atoms with van der Waals surface area (Å²) in [5, 5.41) is 10.6. The van der Waals surface area contributed by atoms with Crippen molar-refractivity contribution in [1.29, 1.82) is 0 Å². The van der Waals surface area contributed by atoms with Gasteiger partial charge in [0.1, 0.15) is 18.1 Å². The van der Waals surface area contributed by atoms with Gasteiger partial charge in [0.2, 0.25) is 0 Å². The number of hydrogen-bond acceptors (Lipinski definition) is 5. The molecule has 0 saturated carbocycles. The summed E-state index contributed by atoms with van der Waals surface area (Å²) in [7, 11) is 0. The highest BCUT2D eigenvalue weighted by Gasteiger charge is 2.30. The van der Waals surface area contributed by atoms with Crippen molar-refractivity contribution >= 4 is 11.6 Å². The molecule has 1 aliphatic heterocycles. The Hall–Kier alpha value is -2.83. The van der Waals surface area contributed by atoms with Crippen LogP contribution < -0.4 is 9.47 Å². The first-order valence-electron chi connectivity index (χ1n) is 13.3. The average molecular weight is 537 g/mol. The Morgan fingerprint density at radius 2 is 1.82 bits per heavy atom. The van der Waals surface area contributed by atoms with Crippen LogP contribution >= 0.6 is 11.6 Å². The maximum absolute atomic E-state index is 10.00. The molecule has 1 fully saturated rings. The molecule has 1 heterocycles. The van der Waals surface area contributed by atoms with Gasteiger partial charge in [-0.25, -0.2) is 0 Å². The predicted molar refractivity (Wildman–Crippen MR) is 151 cm³/mol. The number of hydrogen-bond donors (Lipinski definition) is 1. The van der Waals surface area contributed by atoms with Gasteiger partial charge in [0.15, 0.2) is 0 Å². The lowest BCUT2D eigenvalue weighted by molar-refractivity contribution is -0.0477. The summed E-state index contributed by atoms with van der Waals surface area (Å²) >= 11 is 6.75. The minimum absolute atomic E-state index is 0.0192. The number of halogens is 1. The van der Waals surface area contributed by atoms with E-state index in [1.54, 1.807) is 6.08 Å². The highest BCUT2D eigenvalue weighted by atomic mass is 35.5. The van der Waals surface area contributed by atoms with E-state index in [1.165, 1.54) is 0 Å². The Bertz CT molecular complexity index is 1150. The zero-order valence-electron chi connectivity index (χ0n) is 22.0. The summed E-state index contributed by atoms with van der Waals surface area (Å²) < 4.78 is 24.4. The normalized spacial score (nSPS) is 19.5. The van der Waals surface area contributed by atoms with Crippen molar-refractivity contribution in [2.45, 2.75) is 57.5 Å². The van der Waals surface area contributed by atoms with Gasteiger partial charge in [0.25, 0.3) is 0 Å². The number of benzene rings is 3. The summed E-state index contributed by atoms with van der Waals surface area (Å²) in [4.78, 5) is 0. The molecule has 38 heavy (non-hydrogen) atoms. The van der Waals surface area contributed by atoms with Crippen molar-refractivity contribution in [2.24, 2.45) is 0 Å². The van der Waals surface area contributed by atoms with Crippen LogP contribution in [0.1, 0.15) is 54.5 Å². The van der Waals surface area contributed by atoms with Crippen molar-refractivity contribution in [3.8, 4) is 11.5 Å². The molecule has 1 aliphatic rings. The van der Waals surface area contributed by atoms with Crippen molar-refractivity contribution in [3.05, 3.63) is 107 Å². The first-order chi connectivity index (χ1) is 18.6. The molecule has 3 aromatic rings. The van der Waals surface area contributed by atoms with Gasteiger partial charge < -0.3 is 24.1 Å². The van der Waals surface area contributed by atoms with Crippen LogP contribution in [-0.2, 0) is 22.5 Å². The summed E-state index contributed by atoms with van der Waals surface area (Å²) in [5.74, 6) is 1.51. The lowest BCUT2D eigenvalue weighted by atomic mass is 9.96. The van der Waals surface area contributed by atoms with Crippen LogP contribution in [-0.4, -0.2) is 37.1 Å². The Morgan fingerprint density at radius 3 is 2.53 bits per heavy atom. The van der Waals surface area contributed by atoms with E-state index in [2.05, 4.69) is 36.9 Å². The molecule has 0 aliphatic carbocycles. The third kappa shape index (κ3) is 7.84. The van der Waals surface area contributed by atoms with Crippen molar-refractivity contribution in [2.75, 3.05) is 19.8 Å². The maximum Gasteiger partial charge on any atom is 0.127 e. The van der Waals surface area contributed by atoms with Crippen molar-refractivity contribution in [1.82, 2.24) is 0 Å². The molecule has 0 radical (unpaired) electrons. The second kappa shape index (κ2) is 14.4. The van der Waals surface area contributed by atoms with E-state index >= 15 is 0 Å². The number of aliphatic hydroxyl groups excluding tert-OH is 1. The minimum atomic E-state index is -0.313. The molecular formula is C32H37ClO5. The Labute approximate surface area is 231 Å². The van der Waals surface area contributed by atoms with Crippen molar-refractivity contribution in [3.63, 3.8) is 0 Å². The van der Waals surface area contributed by atoms with Crippen LogP contribution in [0.15, 0.2) is 79.4 Å². The zero-order chi connectivity index (χ0) is 26.7. The molecule has 4 rings (SSSR count). The monoisotopic (exact) mass is 536 g/mol. The molecule has 5 nitrogen and oxygen atoms in total. The van der Waals surface area contributed by atoms with Crippen LogP contribution in [0.25, 0.3) is 0 Å². The van der Waals surface area contributed by atoms with Crippen LogP contribution in [0.4, 0.5) is 0 Å². The third-order valence-corrected chi connectivity index (χ3v) is 7.04. The highest BCUT2D eigenvalue weighted by Crippen LogP contribution is 2.40. The van der Waals surface area contributed by atoms with Gasteiger partial charge in [-0.3, -0.25) is 0 Å². The molecule has 1 N–H and O–H groups in total. The van der Waals surface area contributed by atoms with Gasteiger partial charge in [-0.2, -0.15) is 0 Å². The molecule has 3 atom stereocenters.